The number of hydrogen-bond donors (Lipinski definition) is 0. The van der Waals surface area contributed by atoms with Gasteiger partial charge in [-0.15, -0.1) is 0 Å². The Morgan fingerprint density at radius 1 is 1.12 bits per heavy atom. The molecule has 0 bridgehead atoms. The summed E-state index contributed by atoms with van der Waals surface area (Å²) in [4.78, 5) is 23.8. The van der Waals surface area contributed by atoms with Crippen LogP contribution in [0.5, 0.6) is 0 Å². The molecule has 0 aliphatic heterocycles. The number of aryl methyl sites for hydroxylation is 2. The second kappa shape index (κ2) is 4.41. The smallest absolute Gasteiger partial charge is 0.303 e. The van der Waals surface area contributed by atoms with Crippen LogP contribution in [-0.2, 0) is 13.6 Å². The van der Waals surface area contributed by atoms with Crippen molar-refractivity contribution >= 4 is 0 Å². The van der Waals surface area contributed by atoms with Gasteiger partial charge in [0.1, 0.15) is 0 Å². The van der Waals surface area contributed by atoms with Gasteiger partial charge in [0.2, 0.25) is 0 Å². The van der Waals surface area contributed by atoms with Gasteiger partial charge in [0, 0.05) is 18.8 Å². The van der Waals surface area contributed by atoms with Crippen molar-refractivity contribution in [3.8, 4) is 0 Å². The molecule has 0 spiro atoms. The van der Waals surface area contributed by atoms with Crippen molar-refractivity contribution < 1.29 is 0 Å². The molecule has 88 valence electrons. The molecule has 0 amide bonds. The van der Waals surface area contributed by atoms with Crippen LogP contribution in [0.2, 0.25) is 0 Å². The molecule has 2 aromatic rings. The number of hydrogen-bond acceptors (Lipinski definition) is 2. The van der Waals surface area contributed by atoms with Crippen LogP contribution in [0.4, 0.5) is 0 Å². The molecule has 0 N–H and O–H groups in total. The van der Waals surface area contributed by atoms with Crippen molar-refractivity contribution in [1.29, 1.82) is 0 Å². The Bertz CT molecular complexity index is 604. The molecule has 17 heavy (non-hydrogen) atoms. The lowest BCUT2D eigenvalue weighted by molar-refractivity contribution is 0.632. The van der Waals surface area contributed by atoms with Crippen LogP contribution in [0.3, 0.4) is 0 Å². The van der Waals surface area contributed by atoms with E-state index in [0.29, 0.717) is 12.1 Å². The summed E-state index contributed by atoms with van der Waals surface area (Å²) in [7, 11) is 1.65. The zero-order valence-corrected chi connectivity index (χ0v) is 9.88. The first-order valence-corrected chi connectivity index (χ1v) is 5.40. The van der Waals surface area contributed by atoms with E-state index in [1.165, 1.54) is 9.13 Å². The van der Waals surface area contributed by atoms with Gasteiger partial charge in [-0.3, -0.25) is 9.36 Å². The Balaban J connectivity index is 2.54. The minimum Gasteiger partial charge on any atom is -0.303 e. The lowest BCUT2D eigenvalue weighted by atomic mass is 10.2. The summed E-state index contributed by atoms with van der Waals surface area (Å²) in [6, 6.07) is 9.48. The van der Waals surface area contributed by atoms with Gasteiger partial charge in [-0.25, -0.2) is 4.79 Å². The first-order valence-electron chi connectivity index (χ1n) is 5.40. The highest BCUT2D eigenvalue weighted by Crippen LogP contribution is 1.99. The zero-order valence-electron chi connectivity index (χ0n) is 9.88. The molecule has 0 fully saturated rings. The van der Waals surface area contributed by atoms with Crippen molar-refractivity contribution in [3.05, 3.63) is 68.5 Å². The molecule has 0 atom stereocenters. The Morgan fingerprint density at radius 2 is 1.76 bits per heavy atom. The van der Waals surface area contributed by atoms with Crippen LogP contribution in [0.1, 0.15) is 11.1 Å². The van der Waals surface area contributed by atoms with Crippen molar-refractivity contribution in [2.24, 2.45) is 7.05 Å². The SMILES string of the molecule is Cc1cn(C)c(=O)n(Cc2ccccc2)c1=O. The Morgan fingerprint density at radius 3 is 2.41 bits per heavy atom. The van der Waals surface area contributed by atoms with E-state index < -0.39 is 0 Å². The molecule has 0 saturated carbocycles. The standard InChI is InChI=1S/C13H14N2O2/c1-10-8-14(2)13(17)15(12(10)16)9-11-6-4-3-5-7-11/h3-8H,9H2,1-2H3. The van der Waals surface area contributed by atoms with E-state index in [2.05, 4.69) is 0 Å². The van der Waals surface area contributed by atoms with Crippen LogP contribution in [0, 0.1) is 6.92 Å². The van der Waals surface area contributed by atoms with Crippen LogP contribution < -0.4 is 11.2 Å². The summed E-state index contributed by atoms with van der Waals surface area (Å²) in [6.07, 6.45) is 1.56. The molecule has 0 saturated heterocycles. The molecule has 1 heterocycles. The molecule has 4 heteroatoms. The van der Waals surface area contributed by atoms with Gasteiger partial charge in [-0.1, -0.05) is 30.3 Å². The first kappa shape index (κ1) is 11.4. The normalized spacial score (nSPS) is 10.5. The van der Waals surface area contributed by atoms with Gasteiger partial charge >= 0.3 is 5.69 Å². The third-order valence-corrected chi connectivity index (χ3v) is 2.69. The molecule has 0 radical (unpaired) electrons. The number of benzene rings is 1. The van der Waals surface area contributed by atoms with Crippen molar-refractivity contribution in [3.63, 3.8) is 0 Å². The predicted octanol–water partition coefficient (Wildman–Crippen LogP) is 0.904. The Kier molecular flexibility index (Phi) is 2.95. The fourth-order valence-electron chi connectivity index (χ4n) is 1.80. The lowest BCUT2D eigenvalue weighted by Crippen LogP contribution is -2.39. The topological polar surface area (TPSA) is 44.0 Å². The summed E-state index contributed by atoms with van der Waals surface area (Å²) >= 11 is 0. The molecule has 2 rings (SSSR count). The monoisotopic (exact) mass is 230 g/mol. The number of aromatic nitrogens is 2. The minimum atomic E-state index is -0.288. The maximum absolute atomic E-state index is 11.9. The van der Waals surface area contributed by atoms with Crippen molar-refractivity contribution in [1.82, 2.24) is 9.13 Å². The van der Waals surface area contributed by atoms with E-state index in [1.807, 2.05) is 30.3 Å². The summed E-state index contributed by atoms with van der Waals surface area (Å²) in [5, 5.41) is 0. The fourth-order valence-corrected chi connectivity index (χ4v) is 1.80. The summed E-state index contributed by atoms with van der Waals surface area (Å²) < 4.78 is 2.68. The minimum absolute atomic E-state index is 0.225. The van der Waals surface area contributed by atoms with Crippen LogP contribution >= 0.6 is 0 Å². The molecule has 4 nitrogen and oxygen atoms in total. The van der Waals surface area contributed by atoms with Gasteiger partial charge in [0.15, 0.2) is 0 Å². The number of nitrogens with zero attached hydrogens (tertiary/aromatic N) is 2. The molecule has 0 unspecified atom stereocenters. The first-order chi connectivity index (χ1) is 8.09. The summed E-state index contributed by atoms with van der Waals surface area (Å²) in [5.74, 6) is 0. The van der Waals surface area contributed by atoms with E-state index in [-0.39, 0.29) is 11.2 Å². The van der Waals surface area contributed by atoms with Gasteiger partial charge in [-0.2, -0.15) is 0 Å². The predicted molar refractivity (Wildman–Crippen MR) is 66.2 cm³/mol. The second-order valence-corrected chi connectivity index (χ2v) is 4.08. The van der Waals surface area contributed by atoms with Crippen LogP contribution in [0.25, 0.3) is 0 Å². The molecular formula is C13H14N2O2. The average Bonchev–Trinajstić information content (AvgIpc) is 2.33. The summed E-state index contributed by atoms with van der Waals surface area (Å²) in [5.41, 5.74) is 1.00. The molecule has 1 aromatic heterocycles. The van der Waals surface area contributed by atoms with E-state index in [9.17, 15) is 9.59 Å². The lowest BCUT2D eigenvalue weighted by Gasteiger charge is -2.08. The van der Waals surface area contributed by atoms with E-state index in [0.717, 1.165) is 5.56 Å². The Hall–Kier alpha value is -2.10. The van der Waals surface area contributed by atoms with Gasteiger partial charge < -0.3 is 4.57 Å². The third kappa shape index (κ3) is 2.20. The molecule has 0 aliphatic carbocycles. The van der Waals surface area contributed by atoms with Crippen molar-refractivity contribution in [2.75, 3.05) is 0 Å². The maximum Gasteiger partial charge on any atom is 0.331 e. The molecular weight excluding hydrogens is 216 g/mol. The van der Waals surface area contributed by atoms with Gasteiger partial charge in [-0.05, 0) is 12.5 Å². The second-order valence-electron chi connectivity index (χ2n) is 4.08. The van der Waals surface area contributed by atoms with Crippen LogP contribution in [0.15, 0.2) is 46.1 Å². The quantitative estimate of drug-likeness (QED) is 0.769. The summed E-state index contributed by atoms with van der Waals surface area (Å²) in [6.45, 7) is 2.03. The highest BCUT2D eigenvalue weighted by Gasteiger charge is 2.06. The van der Waals surface area contributed by atoms with Gasteiger partial charge in [0.25, 0.3) is 5.56 Å². The number of rotatable bonds is 2. The van der Waals surface area contributed by atoms with Crippen LogP contribution in [-0.4, -0.2) is 9.13 Å². The zero-order chi connectivity index (χ0) is 12.4. The van der Waals surface area contributed by atoms with Gasteiger partial charge in [0.05, 0.1) is 6.54 Å². The third-order valence-electron chi connectivity index (χ3n) is 2.69. The molecule has 1 aromatic carbocycles. The Labute approximate surface area is 98.8 Å². The fraction of sp³-hybridized carbons (Fsp3) is 0.231. The maximum atomic E-state index is 11.9. The average molecular weight is 230 g/mol. The van der Waals surface area contributed by atoms with Crippen molar-refractivity contribution in [2.45, 2.75) is 13.5 Å². The highest BCUT2D eigenvalue weighted by molar-refractivity contribution is 5.15. The largest absolute Gasteiger partial charge is 0.331 e. The van der Waals surface area contributed by atoms with E-state index in [1.54, 1.807) is 20.2 Å². The highest BCUT2D eigenvalue weighted by atomic mass is 16.2. The van der Waals surface area contributed by atoms with E-state index >= 15 is 0 Å². The molecule has 0 aliphatic rings. The van der Waals surface area contributed by atoms with E-state index in [4.69, 9.17) is 0 Å².